The summed E-state index contributed by atoms with van der Waals surface area (Å²) in [7, 11) is 5.27. The summed E-state index contributed by atoms with van der Waals surface area (Å²) in [6, 6.07) is 2.07. The zero-order valence-electron chi connectivity index (χ0n) is 13.1. The van der Waals surface area contributed by atoms with Crippen molar-refractivity contribution in [2.24, 2.45) is 14.1 Å². The predicted molar refractivity (Wildman–Crippen MR) is 81.0 cm³/mol. The molecule has 1 N–H and O–H groups in total. The van der Waals surface area contributed by atoms with E-state index in [1.165, 1.54) is 17.7 Å². The molecule has 1 aromatic rings. The van der Waals surface area contributed by atoms with Crippen molar-refractivity contribution in [2.75, 3.05) is 20.1 Å². The second-order valence-corrected chi connectivity index (χ2v) is 5.29. The standard InChI is InChI=1S/C14H26N4O2/c1-6-11(2)16(3)8-7-15-10-12-9-13(19)18(5)14(20)17(12)4/h9,11,15H,6-8,10H2,1-5H3. The molecule has 1 rings (SSSR count). The first-order valence-electron chi connectivity index (χ1n) is 7.05. The Labute approximate surface area is 120 Å². The minimum absolute atomic E-state index is 0.262. The van der Waals surface area contributed by atoms with Gasteiger partial charge in [0.05, 0.1) is 0 Å². The van der Waals surface area contributed by atoms with Crippen LogP contribution < -0.4 is 16.6 Å². The number of hydrogen-bond acceptors (Lipinski definition) is 4. The molecule has 1 atom stereocenters. The number of likely N-dealkylation sites (N-methyl/N-ethyl adjacent to an activating group) is 1. The Morgan fingerprint density at radius 1 is 1.30 bits per heavy atom. The van der Waals surface area contributed by atoms with E-state index in [0.29, 0.717) is 18.3 Å². The molecule has 0 aliphatic rings. The summed E-state index contributed by atoms with van der Waals surface area (Å²) in [4.78, 5) is 25.7. The first kappa shape index (κ1) is 16.7. The zero-order chi connectivity index (χ0) is 15.3. The van der Waals surface area contributed by atoms with Crippen molar-refractivity contribution in [3.63, 3.8) is 0 Å². The minimum atomic E-state index is -0.286. The van der Waals surface area contributed by atoms with Gasteiger partial charge in [0, 0.05) is 51.5 Å². The molecule has 6 heteroatoms. The maximum absolute atomic E-state index is 11.8. The van der Waals surface area contributed by atoms with Crippen LogP contribution in [0.1, 0.15) is 26.0 Å². The van der Waals surface area contributed by atoms with Gasteiger partial charge in [0.15, 0.2) is 0 Å². The van der Waals surface area contributed by atoms with Crippen molar-refractivity contribution >= 4 is 0 Å². The normalized spacial score (nSPS) is 12.9. The van der Waals surface area contributed by atoms with Crippen LogP contribution in [-0.4, -0.2) is 40.2 Å². The second-order valence-electron chi connectivity index (χ2n) is 5.29. The van der Waals surface area contributed by atoms with Gasteiger partial charge in [0.25, 0.3) is 5.56 Å². The number of hydrogen-bond donors (Lipinski definition) is 1. The maximum atomic E-state index is 11.8. The molecular formula is C14H26N4O2. The molecule has 0 aliphatic heterocycles. The highest BCUT2D eigenvalue weighted by Gasteiger charge is 2.07. The first-order valence-corrected chi connectivity index (χ1v) is 7.05. The van der Waals surface area contributed by atoms with E-state index in [2.05, 4.69) is 31.1 Å². The fourth-order valence-electron chi connectivity index (χ4n) is 1.95. The Bertz CT molecular complexity index is 547. The van der Waals surface area contributed by atoms with E-state index in [1.54, 1.807) is 7.05 Å². The van der Waals surface area contributed by atoms with Gasteiger partial charge in [0.1, 0.15) is 0 Å². The van der Waals surface area contributed by atoms with Gasteiger partial charge in [-0.3, -0.25) is 13.9 Å². The van der Waals surface area contributed by atoms with E-state index in [4.69, 9.17) is 0 Å². The lowest BCUT2D eigenvalue weighted by atomic mass is 10.2. The van der Waals surface area contributed by atoms with Crippen molar-refractivity contribution in [3.05, 3.63) is 32.6 Å². The molecule has 1 aromatic heterocycles. The smallest absolute Gasteiger partial charge is 0.310 e. The van der Waals surface area contributed by atoms with Crippen molar-refractivity contribution in [3.8, 4) is 0 Å². The van der Waals surface area contributed by atoms with Crippen molar-refractivity contribution < 1.29 is 0 Å². The first-order chi connectivity index (χ1) is 9.38. The summed E-state index contributed by atoms with van der Waals surface area (Å²) in [5.74, 6) is 0. The topological polar surface area (TPSA) is 59.3 Å². The summed E-state index contributed by atoms with van der Waals surface area (Å²) >= 11 is 0. The van der Waals surface area contributed by atoms with Gasteiger partial charge in [-0.2, -0.15) is 0 Å². The number of nitrogens with one attached hydrogen (secondary N) is 1. The largest absolute Gasteiger partial charge is 0.330 e. The predicted octanol–water partition coefficient (Wildman–Crippen LogP) is -0.0961. The van der Waals surface area contributed by atoms with E-state index >= 15 is 0 Å². The van der Waals surface area contributed by atoms with Crippen molar-refractivity contribution in [2.45, 2.75) is 32.9 Å². The Morgan fingerprint density at radius 2 is 1.95 bits per heavy atom. The zero-order valence-corrected chi connectivity index (χ0v) is 13.1. The van der Waals surface area contributed by atoms with Crippen molar-refractivity contribution in [1.82, 2.24) is 19.4 Å². The summed E-state index contributed by atoms with van der Waals surface area (Å²) in [6.45, 7) is 6.66. The van der Waals surface area contributed by atoms with E-state index in [-0.39, 0.29) is 11.2 Å². The lowest BCUT2D eigenvalue weighted by Crippen LogP contribution is -2.40. The second kappa shape index (κ2) is 7.40. The van der Waals surface area contributed by atoms with Gasteiger partial charge in [-0.1, -0.05) is 6.92 Å². The molecule has 1 heterocycles. The summed E-state index contributed by atoms with van der Waals surface area (Å²) in [6.07, 6.45) is 1.12. The molecule has 0 bridgehead atoms. The molecule has 0 fully saturated rings. The van der Waals surface area contributed by atoms with Crippen molar-refractivity contribution in [1.29, 1.82) is 0 Å². The van der Waals surface area contributed by atoms with Crippen LogP contribution in [0.4, 0.5) is 0 Å². The highest BCUT2D eigenvalue weighted by atomic mass is 16.2. The Hall–Kier alpha value is -1.40. The van der Waals surface area contributed by atoms with Crippen LogP contribution in [0.15, 0.2) is 15.7 Å². The lowest BCUT2D eigenvalue weighted by Gasteiger charge is -2.23. The molecule has 0 saturated carbocycles. The summed E-state index contributed by atoms with van der Waals surface area (Å²) in [5.41, 5.74) is 0.164. The lowest BCUT2D eigenvalue weighted by molar-refractivity contribution is 0.251. The van der Waals surface area contributed by atoms with Crippen LogP contribution >= 0.6 is 0 Å². The number of rotatable bonds is 7. The molecule has 0 radical (unpaired) electrons. The summed E-state index contributed by atoms with van der Waals surface area (Å²) in [5, 5.41) is 3.28. The van der Waals surface area contributed by atoms with Crippen LogP contribution in [0.2, 0.25) is 0 Å². The molecule has 0 spiro atoms. The summed E-state index contributed by atoms with van der Waals surface area (Å²) < 4.78 is 2.62. The number of nitrogens with zero attached hydrogens (tertiary/aromatic N) is 3. The average molecular weight is 282 g/mol. The third-order valence-electron chi connectivity index (χ3n) is 3.92. The molecule has 1 unspecified atom stereocenters. The maximum Gasteiger partial charge on any atom is 0.330 e. The van der Waals surface area contributed by atoms with E-state index in [9.17, 15) is 9.59 Å². The van der Waals surface area contributed by atoms with Crippen LogP contribution in [0.3, 0.4) is 0 Å². The molecular weight excluding hydrogens is 256 g/mol. The number of aromatic nitrogens is 2. The Balaban J connectivity index is 2.56. The molecule has 0 aliphatic carbocycles. The Morgan fingerprint density at radius 3 is 2.55 bits per heavy atom. The van der Waals surface area contributed by atoms with Gasteiger partial charge >= 0.3 is 5.69 Å². The van der Waals surface area contributed by atoms with Crippen LogP contribution in [-0.2, 0) is 20.6 Å². The van der Waals surface area contributed by atoms with E-state index < -0.39 is 0 Å². The molecule has 6 nitrogen and oxygen atoms in total. The van der Waals surface area contributed by atoms with Gasteiger partial charge in [-0.05, 0) is 20.4 Å². The fourth-order valence-corrected chi connectivity index (χ4v) is 1.95. The third kappa shape index (κ3) is 4.05. The van der Waals surface area contributed by atoms with Crippen LogP contribution in [0, 0.1) is 0 Å². The van der Waals surface area contributed by atoms with Gasteiger partial charge in [-0.15, -0.1) is 0 Å². The Kier molecular flexibility index (Phi) is 6.16. The van der Waals surface area contributed by atoms with Crippen LogP contribution in [0.25, 0.3) is 0 Å². The quantitative estimate of drug-likeness (QED) is 0.710. The molecule has 114 valence electrons. The monoisotopic (exact) mass is 282 g/mol. The minimum Gasteiger partial charge on any atom is -0.310 e. The fraction of sp³-hybridized carbons (Fsp3) is 0.714. The molecule has 20 heavy (non-hydrogen) atoms. The molecule has 0 saturated heterocycles. The van der Waals surface area contributed by atoms with E-state index in [0.717, 1.165) is 24.1 Å². The highest BCUT2D eigenvalue weighted by Crippen LogP contribution is 1.98. The van der Waals surface area contributed by atoms with Gasteiger partial charge < -0.3 is 10.2 Å². The van der Waals surface area contributed by atoms with Crippen LogP contribution in [0.5, 0.6) is 0 Å². The molecule has 0 aromatic carbocycles. The molecule has 0 amide bonds. The third-order valence-corrected chi connectivity index (χ3v) is 3.92. The van der Waals surface area contributed by atoms with Gasteiger partial charge in [0.2, 0.25) is 0 Å². The SMILES string of the molecule is CCC(C)N(C)CCNCc1cc(=O)n(C)c(=O)n1C. The van der Waals surface area contributed by atoms with E-state index in [1.807, 2.05) is 0 Å². The average Bonchev–Trinajstić information content (AvgIpc) is 2.45. The highest BCUT2D eigenvalue weighted by molar-refractivity contribution is 5.01. The van der Waals surface area contributed by atoms with Gasteiger partial charge in [-0.25, -0.2) is 4.79 Å².